The molecular formula is C10H20Cl6O3P+. The average Bonchev–Trinajstić information content (AvgIpc) is 2.24. The zero-order valence-corrected chi connectivity index (χ0v) is 17.2. The molecule has 124 valence electrons. The van der Waals surface area contributed by atoms with E-state index >= 15 is 0 Å². The summed E-state index contributed by atoms with van der Waals surface area (Å²) >= 11 is 30.4. The van der Waals surface area contributed by atoms with E-state index in [9.17, 15) is 4.57 Å². The zero-order chi connectivity index (χ0) is 16.8. The molecule has 0 amide bonds. The molecule has 0 aliphatic heterocycles. The van der Waals surface area contributed by atoms with Gasteiger partial charge >= 0.3 is 16.2 Å². The van der Waals surface area contributed by atoms with Gasteiger partial charge in [-0.3, -0.25) is 0 Å². The van der Waals surface area contributed by atoms with E-state index < -0.39 is 16.2 Å². The number of hydrogen-bond donors (Lipinski definition) is 0. The molecule has 0 bridgehead atoms. The standard InChI is InChI=1S/2C4H10.C2Cl6O3P/c2*1-3-4-2;3-1(4,5)10-12(9)11-2(6,7)8/h2*3-4H2,1-2H3;/q;;+1. The summed E-state index contributed by atoms with van der Waals surface area (Å²) in [6.07, 6.45) is 5.28. The molecule has 0 saturated carbocycles. The van der Waals surface area contributed by atoms with Gasteiger partial charge in [-0.15, -0.1) is 0 Å². The molecular weight excluding hydrogens is 412 g/mol. The third-order valence-electron chi connectivity index (χ3n) is 1.36. The van der Waals surface area contributed by atoms with E-state index in [4.69, 9.17) is 69.6 Å². The van der Waals surface area contributed by atoms with Crippen LogP contribution < -0.4 is 0 Å². The minimum Gasteiger partial charge on any atom is -0.0654 e. The van der Waals surface area contributed by atoms with Crippen LogP contribution in [0.2, 0.25) is 0 Å². The summed E-state index contributed by atoms with van der Waals surface area (Å²) in [5, 5.41) is 0. The Kier molecular flexibility index (Phi) is 20.8. The minimum atomic E-state index is -2.80. The van der Waals surface area contributed by atoms with Crippen molar-refractivity contribution in [2.45, 2.75) is 61.3 Å². The molecule has 10 heteroatoms. The molecule has 0 aromatic heterocycles. The van der Waals surface area contributed by atoms with Gasteiger partial charge < -0.3 is 0 Å². The second-order valence-electron chi connectivity index (χ2n) is 3.30. The smallest absolute Gasteiger partial charge is 0.0654 e. The molecule has 0 radical (unpaired) electrons. The molecule has 0 N–H and O–H groups in total. The Hall–Kier alpha value is 1.76. The van der Waals surface area contributed by atoms with Gasteiger partial charge in [0.25, 0.3) is 0 Å². The monoisotopic (exact) mass is 429 g/mol. The molecule has 0 aliphatic carbocycles. The van der Waals surface area contributed by atoms with Crippen LogP contribution in [0.1, 0.15) is 53.4 Å². The first kappa shape index (κ1) is 26.6. The highest BCUT2D eigenvalue weighted by molar-refractivity contribution is 7.34. The van der Waals surface area contributed by atoms with Crippen molar-refractivity contribution < 1.29 is 13.6 Å². The normalized spacial score (nSPS) is 10.9. The van der Waals surface area contributed by atoms with Crippen LogP contribution in [0, 0.1) is 0 Å². The van der Waals surface area contributed by atoms with Gasteiger partial charge in [-0.05, 0) is 69.6 Å². The van der Waals surface area contributed by atoms with E-state index in [2.05, 4.69) is 36.7 Å². The Balaban J connectivity index is -0.000000297. The number of hydrogen-bond acceptors (Lipinski definition) is 3. The first-order chi connectivity index (χ1) is 8.93. The molecule has 0 atom stereocenters. The third kappa shape index (κ3) is 36.7. The van der Waals surface area contributed by atoms with Crippen molar-refractivity contribution in [3.8, 4) is 0 Å². The predicted octanol–water partition coefficient (Wildman–Crippen LogP) is 7.95. The lowest BCUT2D eigenvalue weighted by atomic mass is 10.4. The topological polar surface area (TPSA) is 35.5 Å². The molecule has 0 aromatic rings. The van der Waals surface area contributed by atoms with Crippen molar-refractivity contribution in [1.29, 1.82) is 0 Å². The summed E-state index contributed by atoms with van der Waals surface area (Å²) in [5.74, 6) is 0. The van der Waals surface area contributed by atoms with Gasteiger partial charge in [-0.25, -0.2) is 0 Å². The Labute approximate surface area is 152 Å². The highest BCUT2D eigenvalue weighted by atomic mass is 35.6. The van der Waals surface area contributed by atoms with Gasteiger partial charge in [0.15, 0.2) is 0 Å². The van der Waals surface area contributed by atoms with Crippen LogP contribution >= 0.6 is 77.9 Å². The van der Waals surface area contributed by atoms with E-state index in [1.807, 2.05) is 0 Å². The summed E-state index contributed by atoms with van der Waals surface area (Å²) in [5.41, 5.74) is 0. The average molecular weight is 432 g/mol. The first-order valence-electron chi connectivity index (χ1n) is 5.92. The fraction of sp³-hybridized carbons (Fsp3) is 1.00. The van der Waals surface area contributed by atoms with Crippen LogP contribution in [0.25, 0.3) is 0 Å². The fourth-order valence-corrected chi connectivity index (χ4v) is 1.58. The van der Waals surface area contributed by atoms with E-state index in [1.165, 1.54) is 25.7 Å². The summed E-state index contributed by atoms with van der Waals surface area (Å²) in [6, 6.07) is 0. The third-order valence-corrected chi connectivity index (χ3v) is 3.31. The van der Waals surface area contributed by atoms with Crippen molar-refractivity contribution >= 4 is 77.9 Å². The van der Waals surface area contributed by atoms with Crippen LogP contribution in [0.3, 0.4) is 0 Å². The number of halogens is 6. The summed E-state index contributed by atoms with van der Waals surface area (Å²) < 4.78 is 14.6. The van der Waals surface area contributed by atoms with Crippen LogP contribution in [-0.2, 0) is 13.6 Å². The molecule has 0 spiro atoms. The van der Waals surface area contributed by atoms with E-state index in [-0.39, 0.29) is 0 Å². The maximum Gasteiger partial charge on any atom is 0.706 e. The van der Waals surface area contributed by atoms with Gasteiger partial charge in [0.2, 0.25) is 0 Å². The quantitative estimate of drug-likeness (QED) is 0.334. The molecule has 0 saturated heterocycles. The molecule has 3 nitrogen and oxygen atoms in total. The van der Waals surface area contributed by atoms with E-state index in [0.717, 1.165) is 0 Å². The molecule has 20 heavy (non-hydrogen) atoms. The van der Waals surface area contributed by atoms with Crippen molar-refractivity contribution in [3.05, 3.63) is 0 Å². The largest absolute Gasteiger partial charge is 0.706 e. The molecule has 0 aromatic carbocycles. The van der Waals surface area contributed by atoms with Crippen LogP contribution in [0.15, 0.2) is 0 Å². The van der Waals surface area contributed by atoms with Gasteiger partial charge in [0, 0.05) is 4.57 Å². The lowest BCUT2D eigenvalue weighted by Gasteiger charge is -2.03. The summed E-state index contributed by atoms with van der Waals surface area (Å²) in [7, 11) is -2.80. The number of unbranched alkanes of at least 4 members (excludes halogenated alkanes) is 2. The predicted molar refractivity (Wildman–Crippen MR) is 91.5 cm³/mol. The van der Waals surface area contributed by atoms with Crippen LogP contribution in [0.4, 0.5) is 0 Å². The maximum atomic E-state index is 10.7. The first-order valence-corrected chi connectivity index (χ1v) is 9.28. The maximum absolute atomic E-state index is 10.7. The Morgan fingerprint density at radius 3 is 1.00 bits per heavy atom. The fourth-order valence-electron chi connectivity index (χ4n) is 0.188. The second-order valence-corrected chi connectivity index (χ2v) is 8.46. The molecule has 0 rings (SSSR count). The zero-order valence-electron chi connectivity index (χ0n) is 11.8. The molecule has 0 unspecified atom stereocenters. The molecule has 0 aliphatic rings. The van der Waals surface area contributed by atoms with Crippen LogP contribution in [0.5, 0.6) is 0 Å². The lowest BCUT2D eigenvalue weighted by molar-refractivity contribution is 0.224. The minimum absolute atomic E-state index is 1.32. The van der Waals surface area contributed by atoms with Gasteiger partial charge in [0.05, 0.1) is 0 Å². The highest BCUT2D eigenvalue weighted by Gasteiger charge is 2.43. The van der Waals surface area contributed by atoms with Gasteiger partial charge in [-0.1, -0.05) is 62.4 Å². The van der Waals surface area contributed by atoms with Crippen LogP contribution in [-0.4, -0.2) is 7.96 Å². The van der Waals surface area contributed by atoms with Crippen molar-refractivity contribution in [1.82, 2.24) is 0 Å². The lowest BCUT2D eigenvalue weighted by Crippen LogP contribution is -2.08. The van der Waals surface area contributed by atoms with E-state index in [0.29, 0.717) is 0 Å². The Bertz CT molecular complexity index is 204. The summed E-state index contributed by atoms with van der Waals surface area (Å²) in [6.45, 7) is 8.72. The van der Waals surface area contributed by atoms with Crippen molar-refractivity contribution in [2.24, 2.45) is 0 Å². The number of rotatable bonds is 4. The SMILES string of the molecule is CCCC.CCCC.O=[P+](OC(Cl)(Cl)Cl)OC(Cl)(Cl)Cl. The summed E-state index contributed by atoms with van der Waals surface area (Å²) in [4.78, 5) is 0. The highest BCUT2D eigenvalue weighted by Crippen LogP contribution is 2.45. The molecule has 0 fully saturated rings. The van der Waals surface area contributed by atoms with E-state index in [1.54, 1.807) is 0 Å². The Morgan fingerprint density at radius 1 is 0.700 bits per heavy atom. The number of alkyl halides is 6. The Morgan fingerprint density at radius 2 is 0.900 bits per heavy atom. The van der Waals surface area contributed by atoms with Gasteiger partial charge in [-0.2, -0.15) is 0 Å². The second kappa shape index (κ2) is 15.6. The van der Waals surface area contributed by atoms with Crippen molar-refractivity contribution in [3.63, 3.8) is 0 Å². The van der Waals surface area contributed by atoms with Crippen molar-refractivity contribution in [2.75, 3.05) is 0 Å². The molecule has 0 heterocycles. The van der Waals surface area contributed by atoms with Gasteiger partial charge in [0.1, 0.15) is 0 Å².